The molecule has 76 valence electrons. The number of ether oxygens (including phenoxy) is 1. The third-order valence-electron chi connectivity index (χ3n) is 2.36. The molecule has 4 heteroatoms. The van der Waals surface area contributed by atoms with E-state index in [9.17, 15) is 0 Å². The van der Waals surface area contributed by atoms with E-state index in [0.29, 0.717) is 0 Å². The van der Waals surface area contributed by atoms with Crippen LogP contribution in [0.3, 0.4) is 0 Å². The minimum Gasteiger partial charge on any atom is -0.378 e. The van der Waals surface area contributed by atoms with Crippen LogP contribution in [-0.4, -0.2) is 31.3 Å². The molecule has 2 rings (SSSR count). The van der Waals surface area contributed by atoms with E-state index in [0.717, 1.165) is 32.1 Å². The largest absolute Gasteiger partial charge is 0.378 e. The molecule has 0 unspecified atom stereocenters. The predicted octanol–water partition coefficient (Wildman–Crippen LogP) is 1.83. The van der Waals surface area contributed by atoms with E-state index >= 15 is 0 Å². The number of morpholine rings is 1. The molecule has 1 saturated heterocycles. The van der Waals surface area contributed by atoms with Crippen molar-refractivity contribution in [3.05, 3.63) is 21.4 Å². The average Bonchev–Trinajstić information content (AvgIpc) is 2.23. The van der Waals surface area contributed by atoms with Gasteiger partial charge in [0, 0.05) is 22.9 Å². The number of rotatable bonds is 1. The molecule has 0 aliphatic carbocycles. The van der Waals surface area contributed by atoms with Crippen molar-refractivity contribution in [1.29, 1.82) is 0 Å². The summed E-state index contributed by atoms with van der Waals surface area (Å²) in [5.41, 5.74) is 1.24. The molecule has 0 spiro atoms. The molecule has 1 aliphatic rings. The Morgan fingerprint density at radius 1 is 1.43 bits per heavy atom. The molecule has 1 aliphatic heterocycles. The zero-order valence-electron chi connectivity index (χ0n) is 8.16. The lowest BCUT2D eigenvalue weighted by Crippen LogP contribution is -2.36. The monoisotopic (exact) mass is 304 g/mol. The molecule has 3 nitrogen and oxygen atoms in total. The summed E-state index contributed by atoms with van der Waals surface area (Å²) in [4.78, 5) is 6.70. The molecule has 0 radical (unpaired) electrons. The van der Waals surface area contributed by atoms with Crippen LogP contribution in [0.4, 0.5) is 5.82 Å². The summed E-state index contributed by atoms with van der Waals surface area (Å²) in [6.07, 6.45) is 1.94. The van der Waals surface area contributed by atoms with Crippen LogP contribution in [0.5, 0.6) is 0 Å². The molecule has 2 heterocycles. The minimum atomic E-state index is 0.812. The Balaban J connectivity index is 2.18. The van der Waals surface area contributed by atoms with Crippen LogP contribution in [0, 0.1) is 10.5 Å². The van der Waals surface area contributed by atoms with Crippen LogP contribution < -0.4 is 4.90 Å². The van der Waals surface area contributed by atoms with Gasteiger partial charge in [-0.3, -0.25) is 0 Å². The fourth-order valence-electron chi connectivity index (χ4n) is 1.45. The van der Waals surface area contributed by atoms with Crippen molar-refractivity contribution in [1.82, 2.24) is 4.98 Å². The second-order valence-corrected chi connectivity index (χ2v) is 4.55. The third kappa shape index (κ3) is 2.17. The summed E-state index contributed by atoms with van der Waals surface area (Å²) in [7, 11) is 0. The number of aromatic nitrogens is 1. The predicted molar refractivity (Wildman–Crippen MR) is 64.7 cm³/mol. The van der Waals surface area contributed by atoms with Crippen LogP contribution in [0.15, 0.2) is 12.3 Å². The molecule has 1 aromatic heterocycles. The Kier molecular flexibility index (Phi) is 3.22. The van der Waals surface area contributed by atoms with Gasteiger partial charge in [0.15, 0.2) is 0 Å². The van der Waals surface area contributed by atoms with E-state index < -0.39 is 0 Å². The number of hydrogen-bond donors (Lipinski definition) is 0. The summed E-state index contributed by atoms with van der Waals surface area (Å²) in [5, 5.41) is 0. The number of anilines is 1. The topological polar surface area (TPSA) is 25.4 Å². The number of hydrogen-bond acceptors (Lipinski definition) is 3. The first-order valence-electron chi connectivity index (χ1n) is 4.72. The number of nitrogens with zero attached hydrogens (tertiary/aromatic N) is 2. The molecule has 1 aromatic rings. The van der Waals surface area contributed by atoms with Gasteiger partial charge >= 0.3 is 0 Å². The maximum absolute atomic E-state index is 5.30. The van der Waals surface area contributed by atoms with Gasteiger partial charge in [-0.05, 0) is 41.1 Å². The lowest BCUT2D eigenvalue weighted by Gasteiger charge is -2.27. The van der Waals surface area contributed by atoms with Crippen LogP contribution in [0.2, 0.25) is 0 Å². The fraction of sp³-hybridized carbons (Fsp3) is 0.500. The van der Waals surface area contributed by atoms with Crippen molar-refractivity contribution in [2.24, 2.45) is 0 Å². The summed E-state index contributed by atoms with van der Waals surface area (Å²) in [6.45, 7) is 5.61. The van der Waals surface area contributed by atoms with E-state index in [-0.39, 0.29) is 0 Å². The van der Waals surface area contributed by atoms with Gasteiger partial charge in [0.1, 0.15) is 5.82 Å². The van der Waals surface area contributed by atoms with E-state index in [1.54, 1.807) is 0 Å². The van der Waals surface area contributed by atoms with Gasteiger partial charge in [0.2, 0.25) is 0 Å². The zero-order valence-corrected chi connectivity index (χ0v) is 10.3. The normalized spacial score (nSPS) is 17.1. The first kappa shape index (κ1) is 10.2. The fourth-order valence-corrected chi connectivity index (χ4v) is 1.87. The third-order valence-corrected chi connectivity index (χ3v) is 3.52. The number of halogens is 1. The highest BCUT2D eigenvalue weighted by atomic mass is 127. The average molecular weight is 304 g/mol. The Morgan fingerprint density at radius 3 is 2.79 bits per heavy atom. The molecular weight excluding hydrogens is 291 g/mol. The Bertz CT molecular complexity index is 324. The Hall–Kier alpha value is -0.360. The van der Waals surface area contributed by atoms with Gasteiger partial charge in [-0.15, -0.1) is 0 Å². The molecule has 0 bridgehead atoms. The molecule has 0 saturated carbocycles. The number of aryl methyl sites for hydroxylation is 1. The van der Waals surface area contributed by atoms with E-state index in [2.05, 4.69) is 45.5 Å². The van der Waals surface area contributed by atoms with E-state index in [4.69, 9.17) is 4.74 Å². The maximum Gasteiger partial charge on any atom is 0.129 e. The van der Waals surface area contributed by atoms with Gasteiger partial charge in [0.05, 0.1) is 13.2 Å². The van der Waals surface area contributed by atoms with Gasteiger partial charge in [-0.1, -0.05) is 0 Å². The standard InChI is InChI=1S/C10H13IN2O/c1-8-7-12-10(6-9(8)11)13-2-4-14-5-3-13/h6-7H,2-5H2,1H3. The number of pyridine rings is 1. The lowest BCUT2D eigenvalue weighted by molar-refractivity contribution is 0.122. The van der Waals surface area contributed by atoms with Gasteiger partial charge in [0.25, 0.3) is 0 Å². The molecule has 0 atom stereocenters. The molecule has 1 fully saturated rings. The lowest BCUT2D eigenvalue weighted by atomic mass is 10.3. The van der Waals surface area contributed by atoms with Crippen molar-refractivity contribution < 1.29 is 4.74 Å². The van der Waals surface area contributed by atoms with Crippen molar-refractivity contribution in [2.75, 3.05) is 31.2 Å². The molecular formula is C10H13IN2O. The second kappa shape index (κ2) is 4.44. The van der Waals surface area contributed by atoms with E-state index in [1.165, 1.54) is 9.13 Å². The van der Waals surface area contributed by atoms with Crippen LogP contribution in [-0.2, 0) is 4.74 Å². The SMILES string of the molecule is Cc1cnc(N2CCOCC2)cc1I. The van der Waals surface area contributed by atoms with Crippen molar-refractivity contribution >= 4 is 28.4 Å². The first-order valence-corrected chi connectivity index (χ1v) is 5.80. The summed E-state index contributed by atoms with van der Waals surface area (Å²) in [6, 6.07) is 2.14. The minimum absolute atomic E-state index is 0.812. The van der Waals surface area contributed by atoms with Crippen LogP contribution >= 0.6 is 22.6 Å². The highest BCUT2D eigenvalue weighted by molar-refractivity contribution is 14.1. The van der Waals surface area contributed by atoms with Crippen molar-refractivity contribution in [3.63, 3.8) is 0 Å². The maximum atomic E-state index is 5.30. The molecule has 0 N–H and O–H groups in total. The van der Waals surface area contributed by atoms with Gasteiger partial charge < -0.3 is 9.64 Å². The molecule has 0 amide bonds. The first-order chi connectivity index (χ1) is 6.77. The van der Waals surface area contributed by atoms with Crippen molar-refractivity contribution in [3.8, 4) is 0 Å². The Morgan fingerprint density at radius 2 is 2.14 bits per heavy atom. The summed E-state index contributed by atoms with van der Waals surface area (Å²) in [5.74, 6) is 1.07. The van der Waals surface area contributed by atoms with Gasteiger partial charge in [-0.25, -0.2) is 4.98 Å². The van der Waals surface area contributed by atoms with E-state index in [1.807, 2.05) is 6.20 Å². The second-order valence-electron chi connectivity index (χ2n) is 3.39. The quantitative estimate of drug-likeness (QED) is 0.740. The zero-order chi connectivity index (χ0) is 9.97. The smallest absolute Gasteiger partial charge is 0.129 e. The molecule has 14 heavy (non-hydrogen) atoms. The highest BCUT2D eigenvalue weighted by Crippen LogP contribution is 2.18. The van der Waals surface area contributed by atoms with Crippen molar-refractivity contribution in [2.45, 2.75) is 6.92 Å². The summed E-state index contributed by atoms with van der Waals surface area (Å²) < 4.78 is 6.58. The van der Waals surface area contributed by atoms with Crippen LogP contribution in [0.25, 0.3) is 0 Å². The van der Waals surface area contributed by atoms with Crippen LogP contribution in [0.1, 0.15) is 5.56 Å². The summed E-state index contributed by atoms with van der Waals surface area (Å²) >= 11 is 2.35. The Labute approximate surface area is 97.6 Å². The highest BCUT2D eigenvalue weighted by Gasteiger charge is 2.12. The van der Waals surface area contributed by atoms with Gasteiger partial charge in [-0.2, -0.15) is 0 Å². The molecule has 0 aromatic carbocycles.